The van der Waals surface area contributed by atoms with E-state index in [1.807, 2.05) is 0 Å². The largest absolute Gasteiger partial charge is 0.297 e. The summed E-state index contributed by atoms with van der Waals surface area (Å²) in [7, 11) is -4.22. The van der Waals surface area contributed by atoms with Crippen molar-refractivity contribution in [2.75, 3.05) is 0 Å². The summed E-state index contributed by atoms with van der Waals surface area (Å²) in [5.74, 6) is 0. The lowest BCUT2D eigenvalue weighted by molar-refractivity contribution is -0.396. The Morgan fingerprint density at radius 3 is 2.00 bits per heavy atom. The van der Waals surface area contributed by atoms with Gasteiger partial charge in [0.2, 0.25) is 0 Å². The molecule has 0 spiro atoms. The minimum atomic E-state index is -4.22. The first-order valence-corrected chi connectivity index (χ1v) is 8.00. The van der Waals surface area contributed by atoms with E-state index in [0.29, 0.717) is 5.56 Å². The number of nitro groups is 2. The molecular weight excluding hydrogens is 340 g/mol. The Labute approximate surface area is 136 Å². The van der Waals surface area contributed by atoms with Gasteiger partial charge in [0.15, 0.2) is 0 Å². The van der Waals surface area contributed by atoms with Crippen molar-refractivity contribution in [3.05, 3.63) is 73.8 Å². The number of aryl methyl sites for hydroxylation is 1. The van der Waals surface area contributed by atoms with Crippen LogP contribution in [-0.2, 0) is 20.9 Å². The van der Waals surface area contributed by atoms with Crippen LogP contribution in [0.2, 0.25) is 0 Å². The van der Waals surface area contributed by atoms with Gasteiger partial charge in [-0.15, -0.1) is 0 Å². The van der Waals surface area contributed by atoms with Crippen molar-refractivity contribution in [3.63, 3.8) is 0 Å². The van der Waals surface area contributed by atoms with Crippen molar-refractivity contribution in [2.24, 2.45) is 0 Å². The van der Waals surface area contributed by atoms with Gasteiger partial charge < -0.3 is 0 Å². The number of nitrogens with zero attached hydrogens (tertiary/aromatic N) is 2. The molecule has 2 aromatic carbocycles. The Morgan fingerprint density at radius 1 is 0.958 bits per heavy atom. The summed E-state index contributed by atoms with van der Waals surface area (Å²) in [5, 5.41) is 22.0. The molecule has 10 heteroatoms. The predicted molar refractivity (Wildman–Crippen MR) is 82.9 cm³/mol. The first-order chi connectivity index (χ1) is 11.2. The second kappa shape index (κ2) is 6.72. The van der Waals surface area contributed by atoms with E-state index in [1.165, 1.54) is 12.1 Å². The van der Waals surface area contributed by atoms with E-state index in [0.717, 1.165) is 18.2 Å². The molecule has 0 fully saturated rings. The Morgan fingerprint density at radius 2 is 1.50 bits per heavy atom. The van der Waals surface area contributed by atoms with E-state index in [9.17, 15) is 28.6 Å². The monoisotopic (exact) mass is 352 g/mol. The Balaban J connectivity index is 2.40. The van der Waals surface area contributed by atoms with Gasteiger partial charge in [0.25, 0.3) is 21.5 Å². The molecule has 2 rings (SSSR count). The molecule has 0 amide bonds. The molecule has 0 radical (unpaired) electrons. The van der Waals surface area contributed by atoms with Crippen LogP contribution in [0.5, 0.6) is 0 Å². The minimum absolute atomic E-state index is 0.105. The van der Waals surface area contributed by atoms with Crippen molar-refractivity contribution < 1.29 is 22.4 Å². The van der Waals surface area contributed by atoms with Crippen LogP contribution in [0.3, 0.4) is 0 Å². The van der Waals surface area contributed by atoms with Gasteiger partial charge in [-0.05, 0) is 24.6 Å². The highest BCUT2D eigenvalue weighted by molar-refractivity contribution is 7.86. The summed E-state index contributed by atoms with van der Waals surface area (Å²) < 4.78 is 29.3. The maximum absolute atomic E-state index is 12.2. The fraction of sp³-hybridized carbons (Fsp3) is 0.143. The lowest BCUT2D eigenvalue weighted by Crippen LogP contribution is -2.10. The summed E-state index contributed by atoms with van der Waals surface area (Å²) in [6.45, 7) is 0.744. The highest BCUT2D eigenvalue weighted by Crippen LogP contribution is 2.30. The third-order valence-electron chi connectivity index (χ3n) is 3.24. The first-order valence-electron chi connectivity index (χ1n) is 6.60. The van der Waals surface area contributed by atoms with Crippen molar-refractivity contribution in [3.8, 4) is 0 Å². The van der Waals surface area contributed by atoms with E-state index in [4.69, 9.17) is 4.18 Å². The van der Waals surface area contributed by atoms with Gasteiger partial charge in [-0.25, -0.2) is 0 Å². The van der Waals surface area contributed by atoms with Gasteiger partial charge in [-0.2, -0.15) is 8.42 Å². The normalized spacial score (nSPS) is 11.2. The zero-order chi connectivity index (χ0) is 17.9. The Hall–Kier alpha value is -2.85. The van der Waals surface area contributed by atoms with Crippen molar-refractivity contribution in [1.82, 2.24) is 0 Å². The fourth-order valence-electron chi connectivity index (χ4n) is 2.09. The molecule has 2 aromatic rings. The van der Waals surface area contributed by atoms with Gasteiger partial charge in [-0.1, -0.05) is 18.2 Å². The van der Waals surface area contributed by atoms with E-state index in [1.54, 1.807) is 19.1 Å². The number of hydrogen-bond donors (Lipinski definition) is 0. The van der Waals surface area contributed by atoms with Crippen LogP contribution in [0, 0.1) is 27.2 Å². The van der Waals surface area contributed by atoms with Crippen molar-refractivity contribution in [2.45, 2.75) is 18.4 Å². The van der Waals surface area contributed by atoms with Crippen LogP contribution in [0.4, 0.5) is 11.4 Å². The topological polar surface area (TPSA) is 130 Å². The standard InChI is InChI=1S/C14H12N2O7S/c1-10-5-2-3-8-14(10)24(21,22)23-9-11-12(15(17)18)6-4-7-13(11)16(19)20/h2-8H,9H2,1H3. The van der Waals surface area contributed by atoms with Gasteiger partial charge in [-0.3, -0.25) is 24.4 Å². The average molecular weight is 352 g/mol. The molecular formula is C14H12N2O7S. The maximum atomic E-state index is 12.2. The minimum Gasteiger partial charge on any atom is -0.261 e. The van der Waals surface area contributed by atoms with E-state index in [2.05, 4.69) is 0 Å². The van der Waals surface area contributed by atoms with Crippen LogP contribution < -0.4 is 0 Å². The second-order valence-corrected chi connectivity index (χ2v) is 6.35. The zero-order valence-electron chi connectivity index (χ0n) is 12.4. The molecule has 0 N–H and O–H groups in total. The van der Waals surface area contributed by atoms with Crippen molar-refractivity contribution in [1.29, 1.82) is 0 Å². The summed E-state index contributed by atoms with van der Waals surface area (Å²) in [5.41, 5.74) is -1.15. The summed E-state index contributed by atoms with van der Waals surface area (Å²) in [4.78, 5) is 20.3. The lowest BCUT2D eigenvalue weighted by Gasteiger charge is -2.08. The van der Waals surface area contributed by atoms with E-state index < -0.39 is 43.5 Å². The van der Waals surface area contributed by atoms with Crippen molar-refractivity contribution >= 4 is 21.5 Å². The summed E-state index contributed by atoms with van der Waals surface area (Å²) in [6, 6.07) is 9.26. The van der Waals surface area contributed by atoms with Gasteiger partial charge >= 0.3 is 0 Å². The molecule has 0 aliphatic rings. The van der Waals surface area contributed by atoms with E-state index >= 15 is 0 Å². The molecule has 0 heterocycles. The molecule has 0 saturated carbocycles. The molecule has 0 aliphatic carbocycles. The molecule has 0 saturated heterocycles. The molecule has 126 valence electrons. The third kappa shape index (κ3) is 3.55. The van der Waals surface area contributed by atoms with Gasteiger partial charge in [0, 0.05) is 12.1 Å². The molecule has 9 nitrogen and oxygen atoms in total. The number of benzene rings is 2. The highest BCUT2D eigenvalue weighted by atomic mass is 32.2. The van der Waals surface area contributed by atoms with Gasteiger partial charge in [0.1, 0.15) is 12.2 Å². The van der Waals surface area contributed by atoms with Crippen LogP contribution in [0.15, 0.2) is 47.4 Å². The smallest absolute Gasteiger partial charge is 0.261 e. The predicted octanol–water partition coefficient (Wildman–Crippen LogP) is 2.72. The van der Waals surface area contributed by atoms with Crippen LogP contribution in [-0.4, -0.2) is 18.3 Å². The SMILES string of the molecule is Cc1ccccc1S(=O)(=O)OCc1c([N+](=O)[O-])cccc1[N+](=O)[O-]. The number of nitro benzene ring substituents is 2. The highest BCUT2D eigenvalue weighted by Gasteiger charge is 2.27. The summed E-state index contributed by atoms with van der Waals surface area (Å²) >= 11 is 0. The quantitative estimate of drug-likeness (QED) is 0.444. The Kier molecular flexibility index (Phi) is 4.90. The van der Waals surface area contributed by atoms with Crippen LogP contribution in [0.1, 0.15) is 11.1 Å². The molecule has 24 heavy (non-hydrogen) atoms. The molecule has 0 aliphatic heterocycles. The van der Waals surface area contributed by atoms with E-state index in [-0.39, 0.29) is 4.90 Å². The molecule has 0 bridgehead atoms. The molecule has 0 atom stereocenters. The molecule has 0 unspecified atom stereocenters. The Bertz CT molecular complexity index is 877. The lowest BCUT2D eigenvalue weighted by atomic mass is 10.1. The summed E-state index contributed by atoms with van der Waals surface area (Å²) in [6.07, 6.45) is 0. The third-order valence-corrected chi connectivity index (χ3v) is 4.67. The second-order valence-electron chi connectivity index (χ2n) is 4.77. The number of rotatable bonds is 6. The fourth-order valence-corrected chi connectivity index (χ4v) is 3.20. The van der Waals surface area contributed by atoms with Gasteiger partial charge in [0.05, 0.1) is 14.7 Å². The molecule has 0 aromatic heterocycles. The zero-order valence-corrected chi connectivity index (χ0v) is 13.2. The number of hydrogen-bond acceptors (Lipinski definition) is 7. The maximum Gasteiger partial charge on any atom is 0.297 e. The van der Waals surface area contributed by atoms with Crippen LogP contribution >= 0.6 is 0 Å². The first kappa shape index (κ1) is 17.5. The average Bonchev–Trinajstić information content (AvgIpc) is 2.52. The van der Waals surface area contributed by atoms with Crippen LogP contribution in [0.25, 0.3) is 0 Å².